The van der Waals surface area contributed by atoms with Crippen molar-refractivity contribution in [2.24, 2.45) is 0 Å². The minimum Gasteiger partial charge on any atom is -0.352 e. The first-order valence-corrected chi connectivity index (χ1v) is 15.9. The number of hydrogen-bond donors (Lipinski definition) is 1. The highest BCUT2D eigenvalue weighted by Crippen LogP contribution is 2.28. The fourth-order valence-electron chi connectivity index (χ4n) is 4.78. The second-order valence-electron chi connectivity index (χ2n) is 10.1. The van der Waals surface area contributed by atoms with E-state index in [0.29, 0.717) is 20.7 Å². The van der Waals surface area contributed by atoms with Gasteiger partial charge in [0.25, 0.3) is 10.0 Å². The molecule has 1 saturated carbocycles. The fourth-order valence-corrected chi connectivity index (χ4v) is 6.77. The van der Waals surface area contributed by atoms with Crippen LogP contribution in [0, 0.1) is 6.92 Å². The number of aryl methyl sites for hydroxylation is 1. The highest BCUT2D eigenvalue weighted by molar-refractivity contribution is 9.10. The average molecular weight is 647 g/mol. The molecule has 212 valence electrons. The van der Waals surface area contributed by atoms with Crippen molar-refractivity contribution in [1.29, 1.82) is 0 Å². The molecule has 1 aliphatic carbocycles. The minimum atomic E-state index is -4.12. The summed E-state index contributed by atoms with van der Waals surface area (Å²) < 4.78 is 29.6. The van der Waals surface area contributed by atoms with Crippen LogP contribution >= 0.6 is 27.5 Å². The Hall–Kier alpha value is -2.88. The van der Waals surface area contributed by atoms with E-state index >= 15 is 0 Å². The van der Waals surface area contributed by atoms with E-state index in [1.54, 1.807) is 61.5 Å². The number of carbonyl (C=O) groups excluding carboxylic acids is 2. The number of hydrogen-bond acceptors (Lipinski definition) is 4. The summed E-state index contributed by atoms with van der Waals surface area (Å²) in [4.78, 5) is 28.8. The van der Waals surface area contributed by atoms with Crippen LogP contribution in [0.25, 0.3) is 0 Å². The van der Waals surface area contributed by atoms with Gasteiger partial charge in [-0.1, -0.05) is 82.3 Å². The molecule has 0 heterocycles. The molecule has 40 heavy (non-hydrogen) atoms. The maximum absolute atomic E-state index is 14.0. The van der Waals surface area contributed by atoms with Gasteiger partial charge in [0.2, 0.25) is 11.8 Å². The van der Waals surface area contributed by atoms with Crippen LogP contribution in [-0.4, -0.2) is 43.8 Å². The molecule has 3 aromatic rings. The lowest BCUT2D eigenvalue weighted by atomic mass is 10.1. The van der Waals surface area contributed by atoms with Gasteiger partial charge in [-0.25, -0.2) is 8.42 Å². The summed E-state index contributed by atoms with van der Waals surface area (Å²) in [6.07, 6.45) is 3.92. The van der Waals surface area contributed by atoms with Gasteiger partial charge in [0, 0.05) is 22.1 Å². The number of halogens is 2. The normalized spacial score (nSPS) is 14.5. The van der Waals surface area contributed by atoms with E-state index < -0.39 is 28.5 Å². The molecule has 0 aromatic heterocycles. The first kappa shape index (κ1) is 30.1. The molecule has 1 N–H and O–H groups in total. The summed E-state index contributed by atoms with van der Waals surface area (Å²) in [5, 5.41) is 3.52. The first-order valence-electron chi connectivity index (χ1n) is 13.2. The molecule has 2 amide bonds. The van der Waals surface area contributed by atoms with E-state index in [4.69, 9.17) is 11.6 Å². The predicted octanol–water partition coefficient (Wildman–Crippen LogP) is 6.08. The van der Waals surface area contributed by atoms with Crippen molar-refractivity contribution < 1.29 is 18.0 Å². The summed E-state index contributed by atoms with van der Waals surface area (Å²) in [6, 6.07) is 19.6. The molecular formula is C30H33BrClN3O4S. The van der Waals surface area contributed by atoms with Gasteiger partial charge in [0.1, 0.15) is 12.6 Å². The Morgan fingerprint density at radius 2 is 1.70 bits per heavy atom. The quantitative estimate of drug-likeness (QED) is 0.289. The Labute approximate surface area is 249 Å². The lowest BCUT2D eigenvalue weighted by molar-refractivity contribution is -0.139. The lowest BCUT2D eigenvalue weighted by Crippen LogP contribution is -2.52. The molecule has 1 atom stereocenters. The number of nitrogens with zero attached hydrogens (tertiary/aromatic N) is 2. The number of nitrogens with one attached hydrogen (secondary N) is 1. The molecule has 0 bridgehead atoms. The Kier molecular flexibility index (Phi) is 9.92. The summed E-state index contributed by atoms with van der Waals surface area (Å²) in [5.41, 5.74) is 1.90. The van der Waals surface area contributed by atoms with Crippen LogP contribution in [0.1, 0.15) is 43.7 Å². The van der Waals surface area contributed by atoms with Gasteiger partial charge < -0.3 is 10.2 Å². The molecule has 0 aliphatic heterocycles. The molecule has 1 fully saturated rings. The maximum Gasteiger partial charge on any atom is 0.264 e. The number of carbonyl (C=O) groups is 2. The van der Waals surface area contributed by atoms with Crippen molar-refractivity contribution in [2.75, 3.05) is 10.8 Å². The van der Waals surface area contributed by atoms with Crippen LogP contribution in [0.4, 0.5) is 5.69 Å². The fraction of sp³-hybridized carbons (Fsp3) is 0.333. The number of amides is 2. The van der Waals surface area contributed by atoms with Gasteiger partial charge >= 0.3 is 0 Å². The predicted molar refractivity (Wildman–Crippen MR) is 162 cm³/mol. The van der Waals surface area contributed by atoms with Crippen molar-refractivity contribution in [2.45, 2.75) is 63.1 Å². The molecule has 4 rings (SSSR count). The third kappa shape index (κ3) is 7.25. The van der Waals surface area contributed by atoms with E-state index in [2.05, 4.69) is 21.2 Å². The molecule has 0 spiro atoms. The molecule has 1 aliphatic rings. The molecule has 0 saturated heterocycles. The lowest BCUT2D eigenvalue weighted by Gasteiger charge is -2.32. The smallest absolute Gasteiger partial charge is 0.264 e. The van der Waals surface area contributed by atoms with E-state index in [0.717, 1.165) is 35.6 Å². The first-order chi connectivity index (χ1) is 19.1. The number of anilines is 1. The minimum absolute atomic E-state index is 0.0503. The van der Waals surface area contributed by atoms with Gasteiger partial charge in [-0.2, -0.15) is 0 Å². The summed E-state index contributed by atoms with van der Waals surface area (Å²) >= 11 is 9.84. The summed E-state index contributed by atoms with van der Waals surface area (Å²) in [5.74, 6) is -0.799. The molecule has 10 heteroatoms. The molecule has 7 nitrogen and oxygen atoms in total. The van der Waals surface area contributed by atoms with Gasteiger partial charge in [0.15, 0.2) is 0 Å². The van der Waals surface area contributed by atoms with Crippen molar-refractivity contribution in [1.82, 2.24) is 10.2 Å². The monoisotopic (exact) mass is 645 g/mol. The zero-order chi connectivity index (χ0) is 28.9. The maximum atomic E-state index is 14.0. The average Bonchev–Trinajstić information content (AvgIpc) is 3.44. The van der Waals surface area contributed by atoms with E-state index in [-0.39, 0.29) is 23.4 Å². The molecule has 0 radical (unpaired) electrons. The zero-order valence-electron chi connectivity index (χ0n) is 22.5. The SMILES string of the molecule is Cc1ccc(S(=O)(=O)N(CC(=O)N(Cc2ccccc2Cl)C(C)C(=O)NC2CCCC2)c2cccc(Br)c2)cc1. The third-order valence-electron chi connectivity index (χ3n) is 7.15. The molecule has 3 aromatic carbocycles. The van der Waals surface area contributed by atoms with Crippen molar-refractivity contribution >= 4 is 55.1 Å². The Morgan fingerprint density at radius 3 is 2.35 bits per heavy atom. The van der Waals surface area contributed by atoms with Gasteiger partial charge in [-0.15, -0.1) is 0 Å². The Balaban J connectivity index is 1.69. The van der Waals surface area contributed by atoms with Crippen molar-refractivity contribution in [3.05, 3.63) is 93.4 Å². The number of rotatable bonds is 10. The van der Waals surface area contributed by atoms with E-state index in [1.807, 2.05) is 13.0 Å². The van der Waals surface area contributed by atoms with E-state index in [9.17, 15) is 18.0 Å². The number of benzene rings is 3. The molecular weight excluding hydrogens is 614 g/mol. The van der Waals surface area contributed by atoms with Gasteiger partial charge in [0.05, 0.1) is 10.6 Å². The van der Waals surface area contributed by atoms with Crippen molar-refractivity contribution in [3.63, 3.8) is 0 Å². The second-order valence-corrected chi connectivity index (χ2v) is 13.3. The van der Waals surface area contributed by atoms with Crippen LogP contribution in [0.2, 0.25) is 5.02 Å². The van der Waals surface area contributed by atoms with Crippen LogP contribution < -0.4 is 9.62 Å². The highest BCUT2D eigenvalue weighted by Gasteiger charge is 2.33. The van der Waals surface area contributed by atoms with Crippen LogP contribution in [0.5, 0.6) is 0 Å². The molecule has 1 unspecified atom stereocenters. The van der Waals surface area contributed by atoms with E-state index in [1.165, 1.54) is 17.0 Å². The Morgan fingerprint density at radius 1 is 1.02 bits per heavy atom. The topological polar surface area (TPSA) is 86.8 Å². The van der Waals surface area contributed by atoms with Gasteiger partial charge in [-0.05, 0) is 68.7 Å². The second kappa shape index (κ2) is 13.2. The van der Waals surface area contributed by atoms with Crippen LogP contribution in [0.15, 0.2) is 82.2 Å². The Bertz CT molecular complexity index is 1460. The summed E-state index contributed by atoms with van der Waals surface area (Å²) in [6.45, 7) is 3.08. The number of sulfonamides is 1. The van der Waals surface area contributed by atoms with Gasteiger partial charge in [-0.3, -0.25) is 13.9 Å². The third-order valence-corrected chi connectivity index (χ3v) is 9.80. The van der Waals surface area contributed by atoms with Crippen LogP contribution in [0.3, 0.4) is 0 Å². The standard InChI is InChI=1S/C30H33BrClN3O4S/c1-21-14-16-27(17-15-21)40(38,39)35(26-12-7-9-24(31)18-26)20-29(36)34(19-23-8-3-6-13-28(23)32)22(2)30(37)33-25-10-4-5-11-25/h3,6-9,12-18,22,25H,4-5,10-11,19-20H2,1-2H3,(H,33,37). The largest absolute Gasteiger partial charge is 0.352 e. The van der Waals surface area contributed by atoms with Crippen LogP contribution in [-0.2, 0) is 26.2 Å². The van der Waals surface area contributed by atoms with Crippen molar-refractivity contribution in [3.8, 4) is 0 Å². The summed E-state index contributed by atoms with van der Waals surface area (Å²) in [7, 11) is -4.12. The zero-order valence-corrected chi connectivity index (χ0v) is 25.7. The highest BCUT2D eigenvalue weighted by atomic mass is 79.9.